The summed E-state index contributed by atoms with van der Waals surface area (Å²) in [4.78, 5) is 0. The van der Waals surface area contributed by atoms with Crippen molar-refractivity contribution in [3.8, 4) is 5.75 Å². The molecule has 0 aliphatic rings. The van der Waals surface area contributed by atoms with Crippen molar-refractivity contribution in [2.45, 2.75) is 6.54 Å². The lowest BCUT2D eigenvalue weighted by Gasteiger charge is -2.09. The van der Waals surface area contributed by atoms with Gasteiger partial charge in [-0.05, 0) is 23.8 Å². The number of aryl methyl sites for hydroxylation is 1. The Morgan fingerprint density at radius 1 is 1.35 bits per heavy atom. The molecule has 3 nitrogen and oxygen atoms in total. The minimum absolute atomic E-state index is 0.696. The zero-order valence-electron chi connectivity index (χ0n) is 9.90. The van der Waals surface area contributed by atoms with Crippen LogP contribution in [0.15, 0.2) is 36.7 Å². The lowest BCUT2D eigenvalue weighted by molar-refractivity contribution is 0.415. The van der Waals surface area contributed by atoms with E-state index in [2.05, 4.69) is 17.6 Å². The molecule has 2 rings (SSSR count). The van der Waals surface area contributed by atoms with E-state index in [1.54, 1.807) is 7.11 Å². The molecule has 0 saturated carbocycles. The Labute approximate surface area is 106 Å². The second-order valence-corrected chi connectivity index (χ2v) is 4.29. The Bertz CT molecular complexity index is 508. The summed E-state index contributed by atoms with van der Waals surface area (Å²) in [6.07, 6.45) is 4.09. The van der Waals surface area contributed by atoms with Gasteiger partial charge < -0.3 is 14.6 Å². The number of anilines is 1. The molecule has 0 saturated heterocycles. The fourth-order valence-corrected chi connectivity index (χ4v) is 1.81. The highest BCUT2D eigenvalue weighted by Crippen LogP contribution is 2.27. The van der Waals surface area contributed by atoms with E-state index in [1.807, 2.05) is 36.0 Å². The summed E-state index contributed by atoms with van der Waals surface area (Å²) in [6, 6.07) is 7.64. The van der Waals surface area contributed by atoms with E-state index in [-0.39, 0.29) is 0 Å². The van der Waals surface area contributed by atoms with E-state index >= 15 is 0 Å². The number of hydrogen-bond donors (Lipinski definition) is 1. The van der Waals surface area contributed by atoms with Crippen LogP contribution in [0.1, 0.15) is 5.56 Å². The normalized spacial score (nSPS) is 10.3. The molecule has 0 amide bonds. The van der Waals surface area contributed by atoms with E-state index in [0.717, 1.165) is 18.0 Å². The molecule has 1 heterocycles. The molecule has 0 aliphatic heterocycles. The van der Waals surface area contributed by atoms with Crippen molar-refractivity contribution in [1.29, 1.82) is 0 Å². The van der Waals surface area contributed by atoms with Crippen LogP contribution in [0.2, 0.25) is 5.02 Å². The molecule has 17 heavy (non-hydrogen) atoms. The number of aromatic nitrogens is 1. The van der Waals surface area contributed by atoms with Gasteiger partial charge in [-0.1, -0.05) is 11.6 Å². The Morgan fingerprint density at radius 3 is 2.82 bits per heavy atom. The fourth-order valence-electron chi connectivity index (χ4n) is 1.63. The molecule has 4 heteroatoms. The van der Waals surface area contributed by atoms with E-state index in [0.29, 0.717) is 5.02 Å². The zero-order chi connectivity index (χ0) is 12.3. The number of nitrogens with one attached hydrogen (secondary N) is 1. The van der Waals surface area contributed by atoms with Crippen LogP contribution in [0.5, 0.6) is 5.75 Å². The molecular formula is C13H15ClN2O. The summed E-state index contributed by atoms with van der Waals surface area (Å²) in [5.74, 6) is 0.796. The first kappa shape index (κ1) is 11.9. The molecule has 0 atom stereocenters. The molecule has 1 N–H and O–H groups in total. The Kier molecular flexibility index (Phi) is 3.59. The van der Waals surface area contributed by atoms with Crippen molar-refractivity contribution < 1.29 is 4.74 Å². The largest absolute Gasteiger partial charge is 0.497 e. The average molecular weight is 251 g/mol. The first-order valence-corrected chi connectivity index (χ1v) is 5.75. The third-order valence-corrected chi connectivity index (χ3v) is 2.88. The molecule has 0 fully saturated rings. The van der Waals surface area contributed by atoms with Crippen LogP contribution in [0.3, 0.4) is 0 Å². The zero-order valence-corrected chi connectivity index (χ0v) is 10.7. The van der Waals surface area contributed by atoms with Crippen LogP contribution in [0.4, 0.5) is 5.69 Å². The van der Waals surface area contributed by atoms with Gasteiger partial charge in [0.05, 0.1) is 17.8 Å². The predicted molar refractivity (Wildman–Crippen MR) is 70.7 cm³/mol. The quantitative estimate of drug-likeness (QED) is 0.901. The summed E-state index contributed by atoms with van der Waals surface area (Å²) >= 11 is 6.10. The monoisotopic (exact) mass is 250 g/mol. The van der Waals surface area contributed by atoms with Crippen LogP contribution < -0.4 is 10.1 Å². The highest BCUT2D eigenvalue weighted by molar-refractivity contribution is 6.33. The van der Waals surface area contributed by atoms with E-state index in [9.17, 15) is 0 Å². The van der Waals surface area contributed by atoms with Crippen molar-refractivity contribution in [2.75, 3.05) is 12.4 Å². The maximum atomic E-state index is 6.10. The minimum atomic E-state index is 0.696. The van der Waals surface area contributed by atoms with Crippen LogP contribution >= 0.6 is 11.6 Å². The molecule has 0 radical (unpaired) electrons. The standard InChI is InChI=1S/C13H15ClN2O/c1-16-6-5-10(9-16)8-15-13-7-11(17-2)3-4-12(13)14/h3-7,9,15H,8H2,1-2H3. The number of methoxy groups -OCH3 is 1. The summed E-state index contributed by atoms with van der Waals surface area (Å²) in [7, 11) is 3.65. The number of benzene rings is 1. The number of ether oxygens (including phenoxy) is 1. The molecule has 0 spiro atoms. The SMILES string of the molecule is COc1ccc(Cl)c(NCc2ccn(C)c2)c1. The number of nitrogens with zero attached hydrogens (tertiary/aromatic N) is 1. The van der Waals surface area contributed by atoms with Gasteiger partial charge in [0.2, 0.25) is 0 Å². The second kappa shape index (κ2) is 5.15. The van der Waals surface area contributed by atoms with Crippen LogP contribution in [-0.2, 0) is 13.6 Å². The Morgan fingerprint density at radius 2 is 2.18 bits per heavy atom. The second-order valence-electron chi connectivity index (χ2n) is 3.88. The molecule has 1 aromatic carbocycles. The molecule has 0 unspecified atom stereocenters. The van der Waals surface area contributed by atoms with Crippen LogP contribution in [0, 0.1) is 0 Å². The lowest BCUT2D eigenvalue weighted by Crippen LogP contribution is -1.99. The van der Waals surface area contributed by atoms with Gasteiger partial charge in [0.1, 0.15) is 5.75 Å². The minimum Gasteiger partial charge on any atom is -0.497 e. The van der Waals surface area contributed by atoms with Gasteiger partial charge in [0.25, 0.3) is 0 Å². The summed E-state index contributed by atoms with van der Waals surface area (Å²) in [5.41, 5.74) is 2.10. The lowest BCUT2D eigenvalue weighted by atomic mass is 10.2. The summed E-state index contributed by atoms with van der Waals surface area (Å²) < 4.78 is 7.18. The maximum absolute atomic E-state index is 6.10. The van der Waals surface area contributed by atoms with Crippen LogP contribution in [0.25, 0.3) is 0 Å². The number of rotatable bonds is 4. The van der Waals surface area contributed by atoms with Gasteiger partial charge in [0, 0.05) is 32.1 Å². The maximum Gasteiger partial charge on any atom is 0.121 e. The predicted octanol–water partition coefficient (Wildman–Crippen LogP) is 3.30. The van der Waals surface area contributed by atoms with Gasteiger partial charge in [-0.2, -0.15) is 0 Å². The third-order valence-electron chi connectivity index (χ3n) is 2.55. The molecule has 0 bridgehead atoms. The van der Waals surface area contributed by atoms with Crippen molar-refractivity contribution in [1.82, 2.24) is 4.57 Å². The Hall–Kier alpha value is -1.61. The van der Waals surface area contributed by atoms with E-state index in [4.69, 9.17) is 16.3 Å². The first-order valence-electron chi connectivity index (χ1n) is 5.37. The average Bonchev–Trinajstić information content (AvgIpc) is 2.74. The Balaban J connectivity index is 2.07. The first-order chi connectivity index (χ1) is 8.19. The number of hydrogen-bond acceptors (Lipinski definition) is 2. The molecular weight excluding hydrogens is 236 g/mol. The van der Waals surface area contributed by atoms with Gasteiger partial charge in [-0.3, -0.25) is 0 Å². The molecule has 90 valence electrons. The highest BCUT2D eigenvalue weighted by Gasteiger charge is 2.02. The fraction of sp³-hybridized carbons (Fsp3) is 0.231. The molecule has 0 aliphatic carbocycles. The third kappa shape index (κ3) is 2.94. The summed E-state index contributed by atoms with van der Waals surface area (Å²) in [5, 5.41) is 3.99. The smallest absolute Gasteiger partial charge is 0.121 e. The summed E-state index contributed by atoms with van der Waals surface area (Å²) in [6.45, 7) is 0.744. The topological polar surface area (TPSA) is 26.2 Å². The van der Waals surface area contributed by atoms with Crippen LogP contribution in [-0.4, -0.2) is 11.7 Å². The van der Waals surface area contributed by atoms with Crippen molar-refractivity contribution >= 4 is 17.3 Å². The van der Waals surface area contributed by atoms with E-state index < -0.39 is 0 Å². The van der Waals surface area contributed by atoms with Crippen molar-refractivity contribution in [2.24, 2.45) is 7.05 Å². The van der Waals surface area contributed by atoms with Gasteiger partial charge in [-0.15, -0.1) is 0 Å². The highest BCUT2D eigenvalue weighted by atomic mass is 35.5. The number of halogens is 1. The molecule has 2 aromatic rings. The van der Waals surface area contributed by atoms with E-state index in [1.165, 1.54) is 5.56 Å². The van der Waals surface area contributed by atoms with Gasteiger partial charge in [-0.25, -0.2) is 0 Å². The van der Waals surface area contributed by atoms with Gasteiger partial charge in [0.15, 0.2) is 0 Å². The van der Waals surface area contributed by atoms with Gasteiger partial charge >= 0.3 is 0 Å². The molecule has 1 aromatic heterocycles. The van der Waals surface area contributed by atoms with Crippen molar-refractivity contribution in [3.05, 3.63) is 47.2 Å². The van der Waals surface area contributed by atoms with Crippen molar-refractivity contribution in [3.63, 3.8) is 0 Å².